The van der Waals surface area contributed by atoms with Crippen LogP contribution in [-0.4, -0.2) is 33.0 Å². The van der Waals surface area contributed by atoms with E-state index in [4.69, 9.17) is 0 Å². The number of benzene rings is 1. The summed E-state index contributed by atoms with van der Waals surface area (Å²) < 4.78 is 1.88. The Morgan fingerprint density at radius 1 is 1.33 bits per heavy atom. The second-order valence-corrected chi connectivity index (χ2v) is 8.22. The van der Waals surface area contributed by atoms with Crippen molar-refractivity contribution < 1.29 is 4.79 Å². The van der Waals surface area contributed by atoms with Crippen molar-refractivity contribution in [3.8, 4) is 0 Å². The molecule has 1 unspecified atom stereocenters. The van der Waals surface area contributed by atoms with Crippen molar-refractivity contribution in [1.82, 2.24) is 20.1 Å². The van der Waals surface area contributed by atoms with Crippen LogP contribution in [0.2, 0.25) is 0 Å². The van der Waals surface area contributed by atoms with Crippen molar-refractivity contribution in [2.24, 2.45) is 12.5 Å². The van der Waals surface area contributed by atoms with E-state index in [-0.39, 0.29) is 11.3 Å². The van der Waals surface area contributed by atoms with Crippen LogP contribution >= 0.6 is 11.8 Å². The van der Waals surface area contributed by atoms with Crippen molar-refractivity contribution in [2.75, 3.05) is 12.3 Å². The molecule has 0 aliphatic heterocycles. The van der Waals surface area contributed by atoms with Gasteiger partial charge in [-0.2, -0.15) is 0 Å². The van der Waals surface area contributed by atoms with E-state index in [2.05, 4.69) is 60.6 Å². The maximum Gasteiger partial charge on any atom is 0.231 e. The zero-order valence-electron chi connectivity index (χ0n) is 14.7. The van der Waals surface area contributed by atoms with Gasteiger partial charge in [0.1, 0.15) is 6.33 Å². The summed E-state index contributed by atoms with van der Waals surface area (Å²) in [6.07, 6.45) is 2.57. The lowest BCUT2D eigenvalue weighted by Gasteiger charge is -2.21. The molecule has 1 N–H and O–H groups in total. The predicted molar refractivity (Wildman–Crippen MR) is 96.0 cm³/mol. The van der Waals surface area contributed by atoms with E-state index in [1.165, 1.54) is 5.56 Å². The van der Waals surface area contributed by atoms with E-state index in [0.29, 0.717) is 6.54 Å². The lowest BCUT2D eigenvalue weighted by Crippen LogP contribution is -2.38. The molecule has 24 heavy (non-hydrogen) atoms. The van der Waals surface area contributed by atoms with Gasteiger partial charge in [-0.1, -0.05) is 55.4 Å². The first kappa shape index (κ1) is 17.0. The van der Waals surface area contributed by atoms with Gasteiger partial charge in [0.2, 0.25) is 5.91 Å². The lowest BCUT2D eigenvalue weighted by atomic mass is 9.86. The molecule has 5 nitrogen and oxygen atoms in total. The maximum absolute atomic E-state index is 12.9. The Morgan fingerprint density at radius 2 is 2.00 bits per heavy atom. The number of nitrogens with zero attached hydrogens (tertiary/aromatic N) is 3. The van der Waals surface area contributed by atoms with Crippen molar-refractivity contribution >= 4 is 17.7 Å². The largest absolute Gasteiger partial charge is 0.354 e. The third kappa shape index (κ3) is 2.95. The van der Waals surface area contributed by atoms with Crippen LogP contribution < -0.4 is 5.32 Å². The quantitative estimate of drug-likeness (QED) is 0.646. The molecule has 1 amide bonds. The molecule has 0 radical (unpaired) electrons. The number of amides is 1. The average molecular weight is 344 g/mol. The summed E-state index contributed by atoms with van der Waals surface area (Å²) in [7, 11) is 1.92. The standard InChI is InChI=1S/C18H24N4OS/c1-13-5-7-14(8-6-13)18(11-17(18,2)3)15(23)19-9-10-24-16-21-20-12-22(16)4/h5-8,12H,9-11H2,1-4H3,(H,19,23). The Balaban J connectivity index is 1.62. The highest BCUT2D eigenvalue weighted by Gasteiger charge is 2.66. The second kappa shape index (κ2) is 6.24. The first-order chi connectivity index (χ1) is 11.4. The van der Waals surface area contributed by atoms with E-state index >= 15 is 0 Å². The summed E-state index contributed by atoms with van der Waals surface area (Å²) in [5.74, 6) is 0.915. The first-order valence-electron chi connectivity index (χ1n) is 8.19. The molecule has 1 aromatic heterocycles. The van der Waals surface area contributed by atoms with Gasteiger partial charge in [-0.15, -0.1) is 10.2 Å². The van der Waals surface area contributed by atoms with Crippen LogP contribution in [0.25, 0.3) is 0 Å². The monoisotopic (exact) mass is 344 g/mol. The van der Waals surface area contributed by atoms with E-state index in [1.807, 2.05) is 11.6 Å². The van der Waals surface area contributed by atoms with Gasteiger partial charge in [0, 0.05) is 19.3 Å². The third-order valence-electron chi connectivity index (χ3n) is 4.96. The van der Waals surface area contributed by atoms with Gasteiger partial charge >= 0.3 is 0 Å². The van der Waals surface area contributed by atoms with Crippen LogP contribution in [0, 0.1) is 12.3 Å². The van der Waals surface area contributed by atoms with Gasteiger partial charge < -0.3 is 9.88 Å². The molecular formula is C18H24N4OS. The number of thioether (sulfide) groups is 1. The number of nitrogens with one attached hydrogen (secondary N) is 1. The minimum Gasteiger partial charge on any atom is -0.354 e. The smallest absolute Gasteiger partial charge is 0.231 e. The normalized spacial score (nSPS) is 21.5. The molecule has 3 rings (SSSR count). The van der Waals surface area contributed by atoms with Gasteiger partial charge in [-0.25, -0.2) is 0 Å². The summed E-state index contributed by atoms with van der Waals surface area (Å²) in [4.78, 5) is 12.9. The minimum absolute atomic E-state index is 0.00305. The van der Waals surface area contributed by atoms with Crippen molar-refractivity contribution in [3.63, 3.8) is 0 Å². The Hall–Kier alpha value is -1.82. The number of aryl methyl sites for hydroxylation is 2. The predicted octanol–water partition coefficient (Wildman–Crippen LogP) is 2.70. The Labute approximate surface area is 147 Å². The van der Waals surface area contributed by atoms with Gasteiger partial charge in [0.25, 0.3) is 0 Å². The van der Waals surface area contributed by atoms with Gasteiger partial charge in [-0.3, -0.25) is 4.79 Å². The third-order valence-corrected chi connectivity index (χ3v) is 5.99. The number of carbonyl (C=O) groups is 1. The molecule has 128 valence electrons. The molecule has 1 aliphatic rings. The van der Waals surface area contributed by atoms with E-state index in [0.717, 1.165) is 22.9 Å². The lowest BCUT2D eigenvalue weighted by molar-refractivity contribution is -0.124. The fourth-order valence-electron chi connectivity index (χ4n) is 3.33. The Morgan fingerprint density at radius 3 is 2.54 bits per heavy atom. The highest BCUT2D eigenvalue weighted by atomic mass is 32.2. The van der Waals surface area contributed by atoms with Gasteiger partial charge in [-0.05, 0) is 24.3 Å². The van der Waals surface area contributed by atoms with Crippen molar-refractivity contribution in [3.05, 3.63) is 41.7 Å². The number of carbonyl (C=O) groups excluding carboxylic acids is 1. The molecule has 0 spiro atoms. The molecule has 1 fully saturated rings. The van der Waals surface area contributed by atoms with Crippen molar-refractivity contribution in [1.29, 1.82) is 0 Å². The molecule has 1 aliphatic carbocycles. The molecule has 1 atom stereocenters. The average Bonchev–Trinajstić information content (AvgIpc) is 2.91. The zero-order chi connectivity index (χ0) is 17.4. The Bertz CT molecular complexity index is 738. The highest BCUT2D eigenvalue weighted by molar-refractivity contribution is 7.99. The molecule has 6 heteroatoms. The Kier molecular flexibility index (Phi) is 4.42. The molecule has 0 saturated heterocycles. The van der Waals surface area contributed by atoms with Crippen LogP contribution in [0.1, 0.15) is 31.4 Å². The SMILES string of the molecule is Cc1ccc(C2(C(=O)NCCSc3nncn3C)CC2(C)C)cc1. The minimum atomic E-state index is -0.393. The molecule has 2 aromatic rings. The number of hydrogen-bond acceptors (Lipinski definition) is 4. The topological polar surface area (TPSA) is 59.8 Å². The summed E-state index contributed by atoms with van der Waals surface area (Å²) in [6, 6.07) is 8.36. The highest BCUT2D eigenvalue weighted by Crippen LogP contribution is 2.64. The fraction of sp³-hybridized carbons (Fsp3) is 0.500. The summed E-state index contributed by atoms with van der Waals surface area (Å²) >= 11 is 1.60. The first-order valence-corrected chi connectivity index (χ1v) is 9.18. The zero-order valence-corrected chi connectivity index (χ0v) is 15.5. The number of rotatable bonds is 6. The number of hydrogen-bond donors (Lipinski definition) is 1. The summed E-state index contributed by atoms with van der Waals surface area (Å²) in [5, 5.41) is 11.9. The molecule has 1 saturated carbocycles. The van der Waals surface area contributed by atoms with Crippen LogP contribution in [-0.2, 0) is 17.3 Å². The van der Waals surface area contributed by atoms with E-state index in [1.54, 1.807) is 18.1 Å². The van der Waals surface area contributed by atoms with Crippen LogP contribution in [0.4, 0.5) is 0 Å². The van der Waals surface area contributed by atoms with Crippen LogP contribution in [0.15, 0.2) is 35.7 Å². The van der Waals surface area contributed by atoms with Gasteiger partial charge in [0.05, 0.1) is 5.41 Å². The molecule has 1 aromatic carbocycles. The maximum atomic E-state index is 12.9. The fourth-order valence-corrected chi connectivity index (χ4v) is 4.07. The van der Waals surface area contributed by atoms with E-state index < -0.39 is 5.41 Å². The molecule has 0 bridgehead atoms. The number of aromatic nitrogens is 3. The summed E-state index contributed by atoms with van der Waals surface area (Å²) in [5.41, 5.74) is 1.95. The summed E-state index contributed by atoms with van der Waals surface area (Å²) in [6.45, 7) is 7.03. The second-order valence-electron chi connectivity index (χ2n) is 7.16. The van der Waals surface area contributed by atoms with Crippen molar-refractivity contribution in [2.45, 2.75) is 37.8 Å². The van der Waals surface area contributed by atoms with E-state index in [9.17, 15) is 4.79 Å². The van der Waals surface area contributed by atoms with Gasteiger partial charge in [0.15, 0.2) is 5.16 Å². The van der Waals surface area contributed by atoms with Crippen LogP contribution in [0.5, 0.6) is 0 Å². The molecular weight excluding hydrogens is 320 g/mol. The molecule has 1 heterocycles. The van der Waals surface area contributed by atoms with Crippen LogP contribution in [0.3, 0.4) is 0 Å².